The molecule has 1 aliphatic rings. The second kappa shape index (κ2) is 4.81. The summed E-state index contributed by atoms with van der Waals surface area (Å²) in [7, 11) is 0. The average molecular weight is 248 g/mol. The number of hydrogen-bond acceptors (Lipinski definition) is 5. The smallest absolute Gasteiger partial charge is 0.399 e. The quantitative estimate of drug-likeness (QED) is 0.846. The third-order valence-electron chi connectivity index (χ3n) is 2.82. The van der Waals surface area contributed by atoms with E-state index in [-0.39, 0.29) is 6.08 Å². The molecule has 0 saturated heterocycles. The summed E-state index contributed by atoms with van der Waals surface area (Å²) in [5.74, 6) is 0.639. The summed E-state index contributed by atoms with van der Waals surface area (Å²) in [5.41, 5.74) is 0.861. The second-order valence-corrected chi connectivity index (χ2v) is 4.39. The van der Waals surface area contributed by atoms with E-state index in [0.29, 0.717) is 11.8 Å². The van der Waals surface area contributed by atoms with E-state index in [4.69, 9.17) is 9.15 Å². The zero-order valence-corrected chi connectivity index (χ0v) is 10.3. The van der Waals surface area contributed by atoms with Crippen LogP contribution in [0.25, 0.3) is 0 Å². The summed E-state index contributed by atoms with van der Waals surface area (Å²) in [6, 6.07) is 0.661. The fraction of sp³-hybridized carbons (Fsp3) is 0.500. The number of rotatable bonds is 6. The van der Waals surface area contributed by atoms with Crippen molar-refractivity contribution in [2.24, 2.45) is 0 Å². The van der Waals surface area contributed by atoms with Crippen LogP contribution in [0.3, 0.4) is 0 Å². The molecule has 0 aliphatic heterocycles. The third kappa shape index (κ3) is 2.70. The van der Waals surface area contributed by atoms with Crippen LogP contribution in [0.2, 0.25) is 0 Å². The lowest BCUT2D eigenvalue weighted by atomic mass is 10.5. The van der Waals surface area contributed by atoms with Crippen LogP contribution in [0.4, 0.5) is 0 Å². The number of aryl methyl sites for hydroxylation is 1. The van der Waals surface area contributed by atoms with Crippen LogP contribution in [0.15, 0.2) is 23.1 Å². The van der Waals surface area contributed by atoms with E-state index in [1.54, 1.807) is 17.1 Å². The number of ether oxygens (including phenoxy) is 1. The molecule has 1 fully saturated rings. The Kier molecular flexibility index (Phi) is 3.02. The summed E-state index contributed by atoms with van der Waals surface area (Å²) in [5, 5.41) is 7.48. The molecule has 0 bridgehead atoms. The van der Waals surface area contributed by atoms with E-state index in [2.05, 4.69) is 15.4 Å². The molecule has 2 aromatic rings. The Morgan fingerprint density at radius 2 is 2.44 bits per heavy atom. The van der Waals surface area contributed by atoms with Gasteiger partial charge in [0.15, 0.2) is 5.75 Å². The lowest BCUT2D eigenvalue weighted by Crippen LogP contribution is -2.15. The first-order valence-electron chi connectivity index (χ1n) is 6.21. The van der Waals surface area contributed by atoms with Gasteiger partial charge in [-0.15, -0.1) is 0 Å². The Balaban J connectivity index is 1.58. The fourth-order valence-electron chi connectivity index (χ4n) is 1.62. The molecule has 0 radical (unpaired) electrons. The van der Waals surface area contributed by atoms with Crippen molar-refractivity contribution in [2.75, 3.05) is 0 Å². The molecule has 2 heterocycles. The second-order valence-electron chi connectivity index (χ2n) is 4.39. The van der Waals surface area contributed by atoms with Crippen molar-refractivity contribution in [2.45, 2.75) is 38.9 Å². The van der Waals surface area contributed by atoms with E-state index in [1.165, 1.54) is 12.8 Å². The van der Waals surface area contributed by atoms with Crippen molar-refractivity contribution >= 4 is 0 Å². The summed E-state index contributed by atoms with van der Waals surface area (Å²) in [6.07, 6.45) is 7.87. The lowest BCUT2D eigenvalue weighted by Gasteiger charge is -1.96. The molecule has 1 N–H and O–H groups in total. The van der Waals surface area contributed by atoms with Crippen molar-refractivity contribution < 1.29 is 9.15 Å². The van der Waals surface area contributed by atoms with Gasteiger partial charge in [-0.1, -0.05) is 0 Å². The molecule has 0 atom stereocenters. The molecule has 3 rings (SSSR count). The highest BCUT2D eigenvalue weighted by Gasteiger charge is 2.20. The van der Waals surface area contributed by atoms with Crippen LogP contribution >= 0.6 is 0 Å². The molecule has 6 heteroatoms. The standard InChI is InChI=1S/C12H16N4O2/c1-2-16-7-11(6-14-16)18-12-15-10(8-17-12)5-13-9-3-4-9/h6-9,13H,2-5H2,1H3. The van der Waals surface area contributed by atoms with Crippen LogP contribution in [0.5, 0.6) is 11.8 Å². The molecule has 0 amide bonds. The van der Waals surface area contributed by atoms with Gasteiger partial charge in [-0.05, 0) is 19.8 Å². The Hall–Kier alpha value is -1.82. The number of nitrogens with one attached hydrogen (secondary N) is 1. The average Bonchev–Trinajstić information content (AvgIpc) is 2.93. The van der Waals surface area contributed by atoms with Crippen LogP contribution in [-0.2, 0) is 13.1 Å². The van der Waals surface area contributed by atoms with Gasteiger partial charge < -0.3 is 14.5 Å². The molecule has 18 heavy (non-hydrogen) atoms. The highest BCUT2D eigenvalue weighted by Crippen LogP contribution is 2.21. The van der Waals surface area contributed by atoms with Gasteiger partial charge in [0, 0.05) is 19.1 Å². The third-order valence-corrected chi connectivity index (χ3v) is 2.82. The van der Waals surface area contributed by atoms with E-state index in [1.807, 2.05) is 13.1 Å². The minimum atomic E-state index is 0.262. The zero-order chi connectivity index (χ0) is 12.4. The van der Waals surface area contributed by atoms with E-state index >= 15 is 0 Å². The van der Waals surface area contributed by atoms with Gasteiger partial charge >= 0.3 is 6.08 Å². The minimum Gasteiger partial charge on any atom is -0.417 e. The van der Waals surface area contributed by atoms with Crippen molar-refractivity contribution in [3.63, 3.8) is 0 Å². The lowest BCUT2D eigenvalue weighted by molar-refractivity contribution is 0.330. The van der Waals surface area contributed by atoms with Crippen LogP contribution < -0.4 is 10.1 Å². The number of oxazole rings is 1. The molecule has 0 spiro atoms. The molecule has 1 aliphatic carbocycles. The highest BCUT2D eigenvalue weighted by atomic mass is 16.6. The molecule has 6 nitrogen and oxygen atoms in total. The Morgan fingerprint density at radius 1 is 1.56 bits per heavy atom. The highest BCUT2D eigenvalue weighted by molar-refractivity contribution is 5.16. The summed E-state index contributed by atoms with van der Waals surface area (Å²) in [4.78, 5) is 4.25. The number of aromatic nitrogens is 3. The molecule has 0 unspecified atom stereocenters. The summed E-state index contributed by atoms with van der Waals surface area (Å²) < 4.78 is 12.5. The van der Waals surface area contributed by atoms with E-state index in [0.717, 1.165) is 18.8 Å². The first-order valence-corrected chi connectivity index (χ1v) is 6.21. The molecular formula is C12H16N4O2. The van der Waals surface area contributed by atoms with Crippen LogP contribution in [-0.4, -0.2) is 20.8 Å². The molecule has 96 valence electrons. The molecule has 0 aromatic carbocycles. The zero-order valence-electron chi connectivity index (χ0n) is 10.3. The maximum absolute atomic E-state index is 5.48. The topological polar surface area (TPSA) is 65.1 Å². The molecule has 1 saturated carbocycles. The maximum atomic E-state index is 5.48. The van der Waals surface area contributed by atoms with Crippen molar-refractivity contribution in [1.29, 1.82) is 0 Å². The predicted octanol–water partition coefficient (Wildman–Crippen LogP) is 1.94. The normalized spacial score (nSPS) is 14.9. The molecule has 2 aromatic heterocycles. The first kappa shape index (κ1) is 11.3. The van der Waals surface area contributed by atoms with Crippen molar-refractivity contribution in [1.82, 2.24) is 20.1 Å². The fourth-order valence-corrected chi connectivity index (χ4v) is 1.62. The number of hydrogen-bond donors (Lipinski definition) is 1. The number of nitrogens with zero attached hydrogens (tertiary/aromatic N) is 3. The Bertz CT molecular complexity index is 516. The van der Waals surface area contributed by atoms with Crippen molar-refractivity contribution in [3.05, 3.63) is 24.4 Å². The van der Waals surface area contributed by atoms with Gasteiger partial charge in [0.2, 0.25) is 0 Å². The largest absolute Gasteiger partial charge is 0.417 e. The monoisotopic (exact) mass is 248 g/mol. The van der Waals surface area contributed by atoms with Crippen molar-refractivity contribution in [3.8, 4) is 11.8 Å². The maximum Gasteiger partial charge on any atom is 0.399 e. The van der Waals surface area contributed by atoms with Gasteiger partial charge in [-0.2, -0.15) is 10.1 Å². The van der Waals surface area contributed by atoms with Gasteiger partial charge in [0.05, 0.1) is 18.1 Å². The van der Waals surface area contributed by atoms with Gasteiger partial charge in [0.25, 0.3) is 0 Å². The van der Waals surface area contributed by atoms with Crippen LogP contribution in [0.1, 0.15) is 25.5 Å². The summed E-state index contributed by atoms with van der Waals surface area (Å²) in [6.45, 7) is 3.56. The van der Waals surface area contributed by atoms with E-state index in [9.17, 15) is 0 Å². The van der Waals surface area contributed by atoms with Gasteiger partial charge in [-0.3, -0.25) is 4.68 Å². The van der Waals surface area contributed by atoms with Gasteiger partial charge in [-0.25, -0.2) is 0 Å². The predicted molar refractivity (Wildman–Crippen MR) is 64.3 cm³/mol. The summed E-state index contributed by atoms with van der Waals surface area (Å²) >= 11 is 0. The first-order chi connectivity index (χ1) is 8.83. The molecular weight excluding hydrogens is 232 g/mol. The minimum absolute atomic E-state index is 0.262. The van der Waals surface area contributed by atoms with Crippen LogP contribution in [0, 0.1) is 0 Å². The van der Waals surface area contributed by atoms with Gasteiger partial charge in [0.1, 0.15) is 6.26 Å². The van der Waals surface area contributed by atoms with E-state index < -0.39 is 0 Å². The SMILES string of the molecule is CCn1cc(Oc2nc(CNC3CC3)co2)cn1. The Labute approximate surface area is 105 Å². The Morgan fingerprint density at radius 3 is 3.17 bits per heavy atom.